The van der Waals surface area contributed by atoms with E-state index < -0.39 is 0 Å². The van der Waals surface area contributed by atoms with Crippen LogP contribution >= 0.6 is 0 Å². The number of carbonyl (C=O) groups is 6. The van der Waals surface area contributed by atoms with Crippen LogP contribution in [0, 0.1) is 0 Å². The molecule has 0 spiro atoms. The Kier molecular flexibility index (Phi) is 6.29. The summed E-state index contributed by atoms with van der Waals surface area (Å²) in [6, 6.07) is 7.17. The highest BCUT2D eigenvalue weighted by atomic mass is 16.2. The van der Waals surface area contributed by atoms with Crippen molar-refractivity contribution < 1.29 is 28.8 Å². The lowest BCUT2D eigenvalue weighted by Crippen LogP contribution is -2.31. The summed E-state index contributed by atoms with van der Waals surface area (Å²) in [6.45, 7) is 5.14. The molecule has 3 aliphatic rings. The van der Waals surface area contributed by atoms with Crippen LogP contribution in [0.25, 0.3) is 0 Å². The van der Waals surface area contributed by atoms with E-state index in [1.807, 2.05) is 0 Å². The molecule has 0 saturated carbocycles. The van der Waals surface area contributed by atoms with Crippen molar-refractivity contribution in [3.8, 4) is 0 Å². The van der Waals surface area contributed by atoms with Crippen LogP contribution in [0.3, 0.4) is 0 Å². The number of nitrogens with zero attached hydrogens (tertiary/aromatic N) is 2. The molecule has 1 N–H and O–H groups in total. The Balaban J connectivity index is 0.000000305. The number of amides is 6. The molecular formula is C23H21N3O6. The Labute approximate surface area is 184 Å². The molecule has 0 saturated heterocycles. The summed E-state index contributed by atoms with van der Waals surface area (Å²) < 4.78 is 0. The third kappa shape index (κ3) is 4.77. The molecule has 4 rings (SSSR count). The molecule has 0 unspecified atom stereocenters. The van der Waals surface area contributed by atoms with Gasteiger partial charge in [-0.25, -0.2) is 0 Å². The van der Waals surface area contributed by atoms with Gasteiger partial charge < -0.3 is 0 Å². The molecule has 32 heavy (non-hydrogen) atoms. The van der Waals surface area contributed by atoms with Crippen molar-refractivity contribution in [1.29, 1.82) is 0 Å². The van der Waals surface area contributed by atoms with Gasteiger partial charge in [0.15, 0.2) is 0 Å². The third-order valence-electron chi connectivity index (χ3n) is 4.99. The van der Waals surface area contributed by atoms with E-state index in [0.717, 1.165) is 11.1 Å². The van der Waals surface area contributed by atoms with E-state index >= 15 is 0 Å². The Hall–Kier alpha value is -4.14. The molecule has 0 aromatic heterocycles. The van der Waals surface area contributed by atoms with Gasteiger partial charge in [0.25, 0.3) is 35.4 Å². The fraction of sp³-hybridized carbons (Fsp3) is 0.217. The van der Waals surface area contributed by atoms with E-state index in [0.29, 0.717) is 16.7 Å². The highest BCUT2D eigenvalue weighted by Crippen LogP contribution is 2.19. The van der Waals surface area contributed by atoms with Crippen LogP contribution in [-0.2, 0) is 41.9 Å². The number of hydrogen-bond donors (Lipinski definition) is 1. The van der Waals surface area contributed by atoms with Crippen molar-refractivity contribution in [2.75, 3.05) is 0 Å². The molecule has 3 aliphatic heterocycles. The van der Waals surface area contributed by atoms with Crippen molar-refractivity contribution in [2.45, 2.75) is 33.9 Å². The van der Waals surface area contributed by atoms with E-state index in [2.05, 4.69) is 5.32 Å². The fourth-order valence-corrected chi connectivity index (χ4v) is 3.28. The smallest absolute Gasteiger partial charge is 0.256 e. The Morgan fingerprint density at radius 1 is 0.688 bits per heavy atom. The zero-order valence-electron chi connectivity index (χ0n) is 17.8. The molecule has 9 nitrogen and oxygen atoms in total. The molecule has 164 valence electrons. The zero-order valence-corrected chi connectivity index (χ0v) is 17.8. The van der Waals surface area contributed by atoms with E-state index in [-0.39, 0.29) is 48.5 Å². The summed E-state index contributed by atoms with van der Waals surface area (Å²) >= 11 is 0. The maximum Gasteiger partial charge on any atom is 0.256 e. The van der Waals surface area contributed by atoms with Crippen molar-refractivity contribution in [3.63, 3.8) is 0 Å². The number of nitrogens with one attached hydrogen (secondary N) is 1. The van der Waals surface area contributed by atoms with Gasteiger partial charge in [-0.3, -0.25) is 43.9 Å². The highest BCUT2D eigenvalue weighted by molar-refractivity contribution is 6.17. The maximum atomic E-state index is 11.9. The molecule has 0 atom stereocenters. The normalized spacial score (nSPS) is 17.9. The first-order valence-corrected chi connectivity index (χ1v) is 9.76. The summed E-state index contributed by atoms with van der Waals surface area (Å²) in [4.78, 5) is 70.5. The number of hydrogen-bond acceptors (Lipinski definition) is 6. The van der Waals surface area contributed by atoms with Crippen LogP contribution in [0.5, 0.6) is 0 Å². The van der Waals surface area contributed by atoms with Crippen molar-refractivity contribution in [1.82, 2.24) is 15.1 Å². The molecule has 3 heterocycles. The number of imide groups is 3. The fourth-order valence-electron chi connectivity index (χ4n) is 3.28. The lowest BCUT2D eigenvalue weighted by atomic mass is 10.1. The predicted octanol–water partition coefficient (Wildman–Crippen LogP) is 0.906. The van der Waals surface area contributed by atoms with Crippen molar-refractivity contribution in [2.24, 2.45) is 0 Å². The van der Waals surface area contributed by atoms with Gasteiger partial charge in [0, 0.05) is 34.9 Å². The standard InChI is InChI=1S/C18H16N2O4.C5H5NO2/c1-11-6-15(21)19(17(11)23)9-13-4-3-5-14(8-13)10-20-16(22)7-12(2)18(20)24;1-3-2-4(7)6-5(3)8/h3-8H,9-10H2,1-2H3;2H,1H3,(H,6,7,8). The second kappa shape index (κ2) is 8.93. The molecule has 0 bridgehead atoms. The SMILES string of the molecule is CC1=CC(=O)N(Cc2cccc(CN3C(=O)C=C(C)C3=O)c2)C1=O.CC1=CC(=O)NC1=O. The Morgan fingerprint density at radius 3 is 1.44 bits per heavy atom. The molecule has 0 aliphatic carbocycles. The predicted molar refractivity (Wildman–Crippen MR) is 112 cm³/mol. The average molecular weight is 435 g/mol. The summed E-state index contributed by atoms with van der Waals surface area (Å²) in [7, 11) is 0. The zero-order chi connectivity index (χ0) is 23.6. The largest absolute Gasteiger partial charge is 0.289 e. The van der Waals surface area contributed by atoms with Crippen LogP contribution in [0.4, 0.5) is 0 Å². The maximum absolute atomic E-state index is 11.9. The van der Waals surface area contributed by atoms with Crippen LogP contribution in [0.2, 0.25) is 0 Å². The lowest BCUT2D eigenvalue weighted by Gasteiger charge is -2.17. The van der Waals surface area contributed by atoms with Crippen LogP contribution < -0.4 is 5.32 Å². The number of benzene rings is 1. The van der Waals surface area contributed by atoms with E-state index in [1.54, 1.807) is 45.0 Å². The van der Waals surface area contributed by atoms with Crippen LogP contribution in [0.1, 0.15) is 31.9 Å². The summed E-state index contributed by atoms with van der Waals surface area (Å²) in [6.07, 6.45) is 3.92. The van der Waals surface area contributed by atoms with Crippen molar-refractivity contribution >= 4 is 35.4 Å². The molecule has 6 amide bonds. The van der Waals surface area contributed by atoms with E-state index in [4.69, 9.17) is 0 Å². The van der Waals surface area contributed by atoms with Gasteiger partial charge in [-0.05, 0) is 31.9 Å². The molecule has 1 aromatic carbocycles. The molecule has 1 aromatic rings. The Morgan fingerprint density at radius 2 is 1.16 bits per heavy atom. The van der Waals surface area contributed by atoms with Crippen LogP contribution in [-0.4, -0.2) is 45.2 Å². The van der Waals surface area contributed by atoms with Crippen LogP contribution in [0.15, 0.2) is 59.2 Å². The van der Waals surface area contributed by atoms with Gasteiger partial charge in [-0.1, -0.05) is 24.3 Å². The second-order valence-corrected chi connectivity index (χ2v) is 7.58. The molecule has 0 fully saturated rings. The van der Waals surface area contributed by atoms with Gasteiger partial charge in [0.1, 0.15) is 0 Å². The summed E-state index contributed by atoms with van der Waals surface area (Å²) in [5.41, 5.74) is 2.86. The number of carbonyl (C=O) groups excluding carboxylic acids is 6. The first kappa shape index (κ1) is 22.5. The quantitative estimate of drug-likeness (QED) is 0.702. The molecular weight excluding hydrogens is 414 g/mol. The summed E-state index contributed by atoms with van der Waals surface area (Å²) in [5, 5.41) is 2.10. The molecule has 0 radical (unpaired) electrons. The first-order chi connectivity index (χ1) is 15.1. The minimum atomic E-state index is -0.326. The minimum absolute atomic E-state index is 0.165. The van der Waals surface area contributed by atoms with Gasteiger partial charge in [0.2, 0.25) is 0 Å². The monoisotopic (exact) mass is 435 g/mol. The Bertz CT molecular complexity index is 1090. The van der Waals surface area contributed by atoms with E-state index in [9.17, 15) is 28.8 Å². The van der Waals surface area contributed by atoms with Gasteiger partial charge in [-0.15, -0.1) is 0 Å². The third-order valence-corrected chi connectivity index (χ3v) is 4.99. The molecule has 9 heteroatoms. The topological polar surface area (TPSA) is 121 Å². The summed E-state index contributed by atoms with van der Waals surface area (Å²) in [5.74, 6) is -1.84. The first-order valence-electron chi connectivity index (χ1n) is 9.76. The highest BCUT2D eigenvalue weighted by Gasteiger charge is 2.29. The average Bonchev–Trinajstić information content (AvgIpc) is 3.25. The number of rotatable bonds is 4. The second-order valence-electron chi connectivity index (χ2n) is 7.58. The van der Waals surface area contributed by atoms with Crippen molar-refractivity contribution in [3.05, 3.63) is 70.3 Å². The van der Waals surface area contributed by atoms with Gasteiger partial charge >= 0.3 is 0 Å². The van der Waals surface area contributed by atoms with E-state index in [1.165, 1.54) is 28.0 Å². The lowest BCUT2D eigenvalue weighted by molar-refractivity contribution is -0.139. The van der Waals surface area contributed by atoms with Gasteiger partial charge in [0.05, 0.1) is 13.1 Å². The minimum Gasteiger partial charge on any atom is -0.289 e. The van der Waals surface area contributed by atoms with Gasteiger partial charge in [-0.2, -0.15) is 0 Å².